The van der Waals surface area contributed by atoms with E-state index < -0.39 is 61.0 Å². The van der Waals surface area contributed by atoms with E-state index in [1.54, 1.807) is 0 Å². The average Bonchev–Trinajstić information content (AvgIpc) is 3.62. The summed E-state index contributed by atoms with van der Waals surface area (Å²) in [6.45, 7) is -0.698. The second kappa shape index (κ2) is 115. The highest BCUT2D eigenvalue weighted by Gasteiger charge is 2.01. The maximum atomic E-state index is 8.17. The fraction of sp³-hybridized carbons (Fsp3) is 1.00. The van der Waals surface area contributed by atoms with Crippen molar-refractivity contribution in [2.45, 2.75) is 255 Å². The summed E-state index contributed by atoms with van der Waals surface area (Å²) in [5, 5.41) is 240. The maximum Gasteiger partial charge on any atom is 0.100 e. The highest BCUT2D eigenvalue weighted by molar-refractivity contribution is 4.53. The molecule has 0 amide bonds. The van der Waals surface area contributed by atoms with Gasteiger partial charge in [-0.05, 0) is 12.8 Å². The number of rotatable bonds is 50. The molecular weight excluding hydrogens is 1240 g/mol. The van der Waals surface area contributed by atoms with Crippen molar-refractivity contribution in [3.05, 3.63) is 0 Å². The van der Waals surface area contributed by atoms with Crippen LogP contribution < -0.4 is 0 Å². The van der Waals surface area contributed by atoms with Crippen LogP contribution >= 0.6 is 0 Å². The highest BCUT2D eigenvalue weighted by atomic mass is 16.5. The van der Waals surface area contributed by atoms with Crippen molar-refractivity contribution in [2.75, 3.05) is 145 Å². The third kappa shape index (κ3) is 151. The lowest BCUT2D eigenvalue weighted by molar-refractivity contribution is 0.0450. The van der Waals surface area contributed by atoms with Crippen LogP contribution in [0.2, 0.25) is 0 Å². The van der Waals surface area contributed by atoms with E-state index in [-0.39, 0.29) is 132 Å². The Kier molecular flexibility index (Phi) is 143. The predicted molar refractivity (Wildman–Crippen MR) is 353 cm³/mol. The van der Waals surface area contributed by atoms with E-state index in [0.29, 0.717) is 0 Å². The SMILES string of the molecule is CCCCCCCCCCCCCCCCOCCCCCCCCCCCCCCCC.OCC(O)CO.OCC(O)CO.OCC(O)CO.OCC(O)CO.OCC(O)CO.OCC(O)CO.OCC(O)CO.OCC(O)CO.OCC(O)CO.OCC(O)CO. The van der Waals surface area contributed by atoms with Crippen LogP contribution in [0.5, 0.6) is 0 Å². The van der Waals surface area contributed by atoms with Gasteiger partial charge in [0.2, 0.25) is 0 Å². The number of hydrogen-bond acceptors (Lipinski definition) is 31. The van der Waals surface area contributed by atoms with Crippen molar-refractivity contribution < 1.29 is 158 Å². The zero-order valence-corrected chi connectivity index (χ0v) is 57.0. The van der Waals surface area contributed by atoms with E-state index in [9.17, 15) is 0 Å². The summed E-state index contributed by atoms with van der Waals surface area (Å²) < 4.78 is 5.85. The first-order valence-corrected chi connectivity index (χ1v) is 33.1. The smallest absolute Gasteiger partial charge is 0.100 e. The van der Waals surface area contributed by atoms with Gasteiger partial charge >= 0.3 is 0 Å². The van der Waals surface area contributed by atoms with Crippen LogP contribution in [0.3, 0.4) is 0 Å². The van der Waals surface area contributed by atoms with Crippen molar-refractivity contribution in [1.29, 1.82) is 0 Å². The minimum Gasteiger partial charge on any atom is -0.394 e. The van der Waals surface area contributed by atoms with E-state index in [0.717, 1.165) is 13.2 Å². The summed E-state index contributed by atoms with van der Waals surface area (Å²) in [7, 11) is 0. The summed E-state index contributed by atoms with van der Waals surface area (Å²) in [4.78, 5) is 0. The molecule has 0 unspecified atom stereocenters. The van der Waals surface area contributed by atoms with Gasteiger partial charge in [-0.15, -0.1) is 0 Å². The molecule has 0 fully saturated rings. The van der Waals surface area contributed by atoms with Gasteiger partial charge in [0.05, 0.1) is 132 Å². The Morgan fingerprint density at radius 3 is 0.312 bits per heavy atom. The molecule has 0 heterocycles. The highest BCUT2D eigenvalue weighted by Crippen LogP contribution is 2.15. The van der Waals surface area contributed by atoms with Crippen molar-refractivity contribution >= 4 is 0 Å². The number of aliphatic hydroxyl groups is 30. The van der Waals surface area contributed by atoms with E-state index in [1.165, 1.54) is 180 Å². The van der Waals surface area contributed by atoms with Gasteiger partial charge in [-0.2, -0.15) is 0 Å². The monoisotopic (exact) mass is 1390 g/mol. The first-order valence-electron chi connectivity index (χ1n) is 33.1. The lowest BCUT2D eigenvalue weighted by atomic mass is 10.0. The molecule has 0 aromatic rings. The molecule has 0 spiro atoms. The van der Waals surface area contributed by atoms with Crippen molar-refractivity contribution in [2.24, 2.45) is 0 Å². The number of unbranched alkanes of at least 4 members (excludes halogenated alkanes) is 26. The Morgan fingerprint density at radius 2 is 0.237 bits per heavy atom. The lowest BCUT2D eigenvalue weighted by Crippen LogP contribution is -2.15. The van der Waals surface area contributed by atoms with Gasteiger partial charge < -0.3 is 158 Å². The zero-order chi connectivity index (χ0) is 73.8. The fourth-order valence-electron chi connectivity index (χ4n) is 5.48. The molecule has 0 aromatic carbocycles. The molecule has 0 aromatic heterocycles. The molecule has 0 saturated carbocycles. The van der Waals surface area contributed by atoms with Crippen LogP contribution in [-0.4, -0.2) is 360 Å². The molecular formula is C62H146O31. The van der Waals surface area contributed by atoms with Crippen LogP contribution in [0, 0.1) is 0 Å². The Balaban J connectivity index is -0.000000101. The minimum atomic E-state index is -0.954. The van der Waals surface area contributed by atoms with Crippen molar-refractivity contribution in [3.8, 4) is 0 Å². The summed E-state index contributed by atoms with van der Waals surface area (Å²) >= 11 is 0. The van der Waals surface area contributed by atoms with Gasteiger partial charge in [0, 0.05) is 13.2 Å². The first kappa shape index (κ1) is 116. The minimum absolute atomic E-state index is 0.365. The van der Waals surface area contributed by atoms with Crippen LogP contribution in [0.15, 0.2) is 0 Å². The predicted octanol–water partition coefficient (Wildman–Crippen LogP) is -4.72. The fourth-order valence-corrected chi connectivity index (χ4v) is 5.48. The zero-order valence-electron chi connectivity index (χ0n) is 57.0. The van der Waals surface area contributed by atoms with Crippen LogP contribution in [0.1, 0.15) is 194 Å². The molecule has 30 N–H and O–H groups in total. The summed E-state index contributed by atoms with van der Waals surface area (Å²) in [6, 6.07) is 0. The molecule has 31 nitrogen and oxygen atoms in total. The number of ether oxygens (including phenoxy) is 1. The number of hydrogen-bond donors (Lipinski definition) is 30. The van der Waals surface area contributed by atoms with E-state index in [2.05, 4.69) is 13.8 Å². The van der Waals surface area contributed by atoms with Gasteiger partial charge in [-0.1, -0.05) is 181 Å². The molecule has 31 heteroatoms. The largest absolute Gasteiger partial charge is 0.394 e. The Hall–Kier alpha value is -1.24. The van der Waals surface area contributed by atoms with Crippen molar-refractivity contribution in [3.63, 3.8) is 0 Å². The van der Waals surface area contributed by atoms with Gasteiger partial charge in [0.15, 0.2) is 0 Å². The molecule has 0 bridgehead atoms. The van der Waals surface area contributed by atoms with Gasteiger partial charge in [-0.25, -0.2) is 0 Å². The normalized spacial score (nSPS) is 10.5. The molecule has 0 radical (unpaired) electrons. The first-order chi connectivity index (χ1) is 44.5. The molecule has 93 heavy (non-hydrogen) atoms. The molecule has 0 saturated heterocycles. The molecule has 0 rings (SSSR count). The Bertz CT molecular complexity index is 876. The second-order valence-corrected chi connectivity index (χ2v) is 21.0. The van der Waals surface area contributed by atoms with Gasteiger partial charge in [-0.3, -0.25) is 0 Å². The summed E-state index contributed by atoms with van der Waals surface area (Å²) in [6.07, 6.45) is 30.5. The van der Waals surface area contributed by atoms with E-state index in [1.807, 2.05) is 0 Å². The number of aliphatic hydroxyl groups excluding tert-OH is 30. The maximum absolute atomic E-state index is 8.17. The third-order valence-corrected chi connectivity index (χ3v) is 11.5. The van der Waals surface area contributed by atoms with Gasteiger partial charge in [0.25, 0.3) is 0 Å². The molecule has 580 valence electrons. The van der Waals surface area contributed by atoms with Gasteiger partial charge in [0.1, 0.15) is 61.0 Å². The Morgan fingerprint density at radius 1 is 0.151 bits per heavy atom. The van der Waals surface area contributed by atoms with Crippen molar-refractivity contribution in [1.82, 2.24) is 0 Å². The summed E-state index contributed by atoms with van der Waals surface area (Å²) in [5.41, 5.74) is 0. The molecule has 0 atom stereocenters. The van der Waals surface area contributed by atoms with E-state index >= 15 is 0 Å². The quantitative estimate of drug-likeness (QED) is 0.0254. The van der Waals surface area contributed by atoms with Crippen LogP contribution in [0.4, 0.5) is 0 Å². The standard InChI is InChI=1S/C32H66O.10C3H8O3/c1-3-5-7-9-11-13-15-17-19-21-23-25-27-29-31-33-32-30-28-26-24-22-20-18-16-14-12-10-8-6-4-2;10*4-1-3(6)2-5/h3-32H2,1-2H3;10*3-6H,1-2H2. The topological polar surface area (TPSA) is 616 Å². The van der Waals surface area contributed by atoms with E-state index in [4.69, 9.17) is 158 Å². The van der Waals surface area contributed by atoms with Crippen LogP contribution in [-0.2, 0) is 4.74 Å². The third-order valence-electron chi connectivity index (χ3n) is 11.5. The lowest BCUT2D eigenvalue weighted by Gasteiger charge is -2.05. The average molecular weight is 1390 g/mol. The molecule has 0 aliphatic carbocycles. The summed E-state index contributed by atoms with van der Waals surface area (Å²) in [5.74, 6) is 0. The molecule has 0 aliphatic rings. The van der Waals surface area contributed by atoms with Crippen LogP contribution in [0.25, 0.3) is 0 Å². The second-order valence-electron chi connectivity index (χ2n) is 21.0. The molecule has 0 aliphatic heterocycles. The Labute approximate surface area is 556 Å².